The second kappa shape index (κ2) is 11.3. The van der Waals surface area contributed by atoms with Crippen molar-refractivity contribution in [3.63, 3.8) is 0 Å². The Labute approximate surface area is 129 Å². The van der Waals surface area contributed by atoms with Gasteiger partial charge in [0.05, 0.1) is 26.3 Å². The lowest BCUT2D eigenvalue weighted by atomic mass is 10.1. The van der Waals surface area contributed by atoms with Gasteiger partial charge in [-0.15, -0.1) is 12.8 Å². The van der Waals surface area contributed by atoms with Gasteiger partial charge in [0.25, 0.3) is 0 Å². The van der Waals surface area contributed by atoms with Crippen molar-refractivity contribution >= 4 is 5.78 Å². The lowest BCUT2D eigenvalue weighted by molar-refractivity contribution is 0.0998. The zero-order chi connectivity index (χ0) is 16.8. The molecule has 0 aromatic heterocycles. The average molecular weight is 295 g/mol. The number of hydrogen-bond donors (Lipinski definition) is 0. The second-order valence-electron chi connectivity index (χ2n) is 3.42. The van der Waals surface area contributed by atoms with Crippen LogP contribution < -0.4 is 9.47 Å². The molecule has 0 saturated heterocycles. The van der Waals surface area contributed by atoms with Gasteiger partial charge in [-0.1, -0.05) is 5.11 Å². The summed E-state index contributed by atoms with van der Waals surface area (Å²) < 4.78 is 10.0. The molecule has 0 aliphatic heterocycles. The molecule has 0 saturated carbocycles. The van der Waals surface area contributed by atoms with Crippen molar-refractivity contribution in [2.24, 2.45) is 5.11 Å². The summed E-state index contributed by atoms with van der Waals surface area (Å²) in [7, 11) is 2.97. The molecule has 110 valence electrons. The Bertz CT molecular complexity index is 691. The van der Waals surface area contributed by atoms with Crippen LogP contribution in [-0.2, 0) is 0 Å². The van der Waals surface area contributed by atoms with E-state index in [4.69, 9.17) is 27.9 Å². The van der Waals surface area contributed by atoms with Crippen molar-refractivity contribution in [1.82, 2.24) is 0 Å². The first kappa shape index (κ1) is 18.5. The predicted octanol–water partition coefficient (Wildman–Crippen LogP) is 2.45. The van der Waals surface area contributed by atoms with E-state index in [0.717, 1.165) is 0 Å². The predicted molar refractivity (Wildman–Crippen MR) is 83.3 cm³/mol. The fraction of sp³-hybridized carbons (Fsp3) is 0.188. The molecule has 0 radical (unpaired) electrons. The van der Waals surface area contributed by atoms with Gasteiger partial charge in [-0.25, -0.2) is 0 Å². The molecule has 0 amide bonds. The fourth-order valence-corrected chi connectivity index (χ4v) is 1.29. The van der Waals surface area contributed by atoms with Gasteiger partial charge in [0.15, 0.2) is 5.78 Å². The van der Waals surface area contributed by atoms with Gasteiger partial charge in [0.2, 0.25) is 0 Å². The molecule has 0 aliphatic carbocycles. The van der Waals surface area contributed by atoms with Crippen LogP contribution in [0.3, 0.4) is 0 Å². The highest BCUT2D eigenvalue weighted by molar-refractivity contribution is 6.00. The summed E-state index contributed by atoms with van der Waals surface area (Å²) >= 11 is 0. The van der Waals surface area contributed by atoms with E-state index < -0.39 is 0 Å². The van der Waals surface area contributed by atoms with Crippen LogP contribution in [0.4, 0.5) is 0 Å². The average Bonchev–Trinajstić information content (AvgIpc) is 2.57. The normalized spacial score (nSPS) is 7.45. The Morgan fingerprint density at radius 2 is 1.91 bits per heavy atom. The molecular weight excluding hydrogens is 282 g/mol. The summed E-state index contributed by atoms with van der Waals surface area (Å²) in [5, 5.41) is 3.21. The highest BCUT2D eigenvalue weighted by atomic mass is 16.5. The number of nitrogens with zero attached hydrogens (tertiary/aromatic N) is 3. The summed E-state index contributed by atoms with van der Waals surface area (Å²) in [6.45, 7) is -0.236. The number of azide groups is 1. The van der Waals surface area contributed by atoms with Gasteiger partial charge in [-0.05, 0) is 47.4 Å². The Hall–Kier alpha value is -3.52. The Kier molecular flexibility index (Phi) is 9.51. The first-order chi connectivity index (χ1) is 10.6. The molecule has 0 aliphatic rings. The van der Waals surface area contributed by atoms with Crippen molar-refractivity contribution in [2.75, 3.05) is 20.8 Å². The van der Waals surface area contributed by atoms with Crippen molar-refractivity contribution < 1.29 is 14.3 Å². The highest BCUT2D eigenvalue weighted by Gasteiger charge is 2.12. The minimum Gasteiger partial charge on any atom is -0.497 e. The van der Waals surface area contributed by atoms with E-state index in [1.54, 1.807) is 18.2 Å². The number of benzene rings is 1. The maximum atomic E-state index is 11.7. The van der Waals surface area contributed by atoms with Crippen LogP contribution in [-0.4, -0.2) is 26.5 Å². The van der Waals surface area contributed by atoms with E-state index in [2.05, 4.69) is 33.7 Å². The quantitative estimate of drug-likeness (QED) is 0.275. The summed E-state index contributed by atoms with van der Waals surface area (Å²) in [6.07, 6.45) is 9.39. The van der Waals surface area contributed by atoms with Crippen LogP contribution in [0.25, 0.3) is 10.4 Å². The smallest absolute Gasteiger partial charge is 0.172 e. The van der Waals surface area contributed by atoms with E-state index in [0.29, 0.717) is 17.1 Å². The van der Waals surface area contributed by atoms with Crippen molar-refractivity contribution in [1.29, 1.82) is 0 Å². The van der Waals surface area contributed by atoms with Crippen LogP contribution in [0, 0.1) is 36.5 Å². The molecule has 22 heavy (non-hydrogen) atoms. The molecule has 0 atom stereocenters. The number of Topliss-reactive ketones (excluding diaryl/α,β-unsaturated/α-hetero) is 1. The fourth-order valence-electron chi connectivity index (χ4n) is 1.29. The van der Waals surface area contributed by atoms with Crippen LogP contribution in [0.1, 0.15) is 10.4 Å². The monoisotopic (exact) mass is 295 g/mol. The molecule has 1 aromatic rings. The molecule has 1 aromatic carbocycles. The van der Waals surface area contributed by atoms with E-state index >= 15 is 0 Å². The topological polar surface area (TPSA) is 84.3 Å². The lowest BCUT2D eigenvalue weighted by Gasteiger charge is -2.08. The van der Waals surface area contributed by atoms with E-state index in [-0.39, 0.29) is 12.3 Å². The zero-order valence-electron chi connectivity index (χ0n) is 12.2. The molecule has 6 nitrogen and oxygen atoms in total. The van der Waals surface area contributed by atoms with Gasteiger partial charge in [0.1, 0.15) is 11.5 Å². The number of terminal acetylenes is 2. The largest absolute Gasteiger partial charge is 0.497 e. The van der Waals surface area contributed by atoms with Crippen molar-refractivity contribution in [3.05, 3.63) is 34.2 Å². The molecular formula is C16H13N3O3. The summed E-state index contributed by atoms with van der Waals surface area (Å²) in [6, 6.07) is 4.86. The van der Waals surface area contributed by atoms with Crippen LogP contribution >= 0.6 is 0 Å². The Morgan fingerprint density at radius 1 is 1.27 bits per heavy atom. The number of carbonyl (C=O) groups excluding carboxylic acids is 1. The lowest BCUT2D eigenvalue weighted by Crippen LogP contribution is -2.05. The standard InChI is InChI=1S/C10H11N3O3.C6H2/c1-15-7-3-4-10(16-2)8(5-7)9(14)6-12-13-11;1-3-5-6-4-2/h3-5H,6H2,1-2H3;1-2H. The number of ether oxygens (including phenoxy) is 2. The van der Waals surface area contributed by atoms with Gasteiger partial charge < -0.3 is 9.47 Å². The number of hydrogen-bond acceptors (Lipinski definition) is 4. The van der Waals surface area contributed by atoms with E-state index in [9.17, 15) is 4.79 Å². The van der Waals surface area contributed by atoms with Crippen LogP contribution in [0.15, 0.2) is 23.3 Å². The number of rotatable bonds is 5. The van der Waals surface area contributed by atoms with Crippen molar-refractivity contribution in [2.45, 2.75) is 0 Å². The minimum atomic E-state index is -0.312. The first-order valence-corrected chi connectivity index (χ1v) is 5.81. The van der Waals surface area contributed by atoms with Gasteiger partial charge in [0, 0.05) is 4.91 Å². The molecule has 0 heterocycles. The molecule has 0 bridgehead atoms. The Morgan fingerprint density at radius 3 is 2.36 bits per heavy atom. The van der Waals surface area contributed by atoms with Crippen LogP contribution in [0.5, 0.6) is 11.5 Å². The summed E-state index contributed by atoms with van der Waals surface area (Å²) in [4.78, 5) is 14.2. The van der Waals surface area contributed by atoms with Crippen LogP contribution in [0.2, 0.25) is 0 Å². The molecule has 6 heteroatoms. The number of carbonyl (C=O) groups is 1. The number of methoxy groups -OCH3 is 2. The van der Waals surface area contributed by atoms with Gasteiger partial charge >= 0.3 is 0 Å². The van der Waals surface area contributed by atoms with Gasteiger partial charge in [-0.3, -0.25) is 4.79 Å². The van der Waals surface area contributed by atoms with Gasteiger partial charge in [-0.2, -0.15) is 0 Å². The number of ketones is 1. The SMILES string of the molecule is C#CC#CC#C.COc1ccc(OC)c(C(=O)CN=[N+]=[N-])c1. The van der Waals surface area contributed by atoms with E-state index in [1.165, 1.54) is 14.2 Å². The highest BCUT2D eigenvalue weighted by Crippen LogP contribution is 2.24. The first-order valence-electron chi connectivity index (χ1n) is 5.81. The van der Waals surface area contributed by atoms with E-state index in [1.807, 2.05) is 0 Å². The molecule has 0 spiro atoms. The summed E-state index contributed by atoms with van der Waals surface area (Å²) in [5.74, 6) is 9.27. The Balaban J connectivity index is 0.000000626. The third kappa shape index (κ3) is 6.59. The minimum absolute atomic E-state index is 0.236. The maximum Gasteiger partial charge on any atom is 0.172 e. The van der Waals surface area contributed by atoms with Crippen molar-refractivity contribution in [3.8, 4) is 48.0 Å². The molecule has 1 rings (SSSR count). The third-order valence-corrected chi connectivity index (χ3v) is 2.19. The molecule has 0 fully saturated rings. The molecule has 0 unspecified atom stereocenters. The maximum absolute atomic E-state index is 11.7. The second-order valence-corrected chi connectivity index (χ2v) is 3.42. The zero-order valence-corrected chi connectivity index (χ0v) is 12.2. The third-order valence-electron chi connectivity index (χ3n) is 2.19. The summed E-state index contributed by atoms with van der Waals surface area (Å²) in [5.41, 5.74) is 8.48. The molecule has 0 N–H and O–H groups in total.